The van der Waals surface area contributed by atoms with Crippen LogP contribution in [0, 0.1) is 0 Å². The summed E-state index contributed by atoms with van der Waals surface area (Å²) < 4.78 is 5.36. The van der Waals surface area contributed by atoms with E-state index in [0.717, 1.165) is 22.0 Å². The van der Waals surface area contributed by atoms with Crippen LogP contribution in [0.4, 0.5) is 4.79 Å². The van der Waals surface area contributed by atoms with Crippen molar-refractivity contribution >= 4 is 17.0 Å². The van der Waals surface area contributed by atoms with E-state index in [0.29, 0.717) is 12.8 Å². The minimum Gasteiger partial charge on any atom is -0.443 e. The Morgan fingerprint density at radius 3 is 2.67 bits per heavy atom. The van der Waals surface area contributed by atoms with Gasteiger partial charge in [-0.05, 0) is 24.1 Å². The molecule has 1 aromatic heterocycles. The van der Waals surface area contributed by atoms with Gasteiger partial charge in [-0.2, -0.15) is 0 Å². The molecular formula is C21H25N3O3. The summed E-state index contributed by atoms with van der Waals surface area (Å²) in [4.78, 5) is 15.5. The van der Waals surface area contributed by atoms with E-state index in [9.17, 15) is 9.90 Å². The molecule has 3 aromatic rings. The third kappa shape index (κ3) is 5.09. The molecule has 0 aliphatic carbocycles. The molecule has 2 aromatic carbocycles. The van der Waals surface area contributed by atoms with Gasteiger partial charge in [0.15, 0.2) is 0 Å². The van der Waals surface area contributed by atoms with Crippen LogP contribution in [0.15, 0.2) is 60.8 Å². The van der Waals surface area contributed by atoms with Crippen molar-refractivity contribution in [3.63, 3.8) is 0 Å². The first kappa shape index (κ1) is 18.9. The maximum atomic E-state index is 12.3. The van der Waals surface area contributed by atoms with E-state index < -0.39 is 17.9 Å². The molecule has 2 atom stereocenters. The molecule has 27 heavy (non-hydrogen) atoms. The van der Waals surface area contributed by atoms with Crippen molar-refractivity contribution in [2.24, 2.45) is 5.73 Å². The van der Waals surface area contributed by atoms with E-state index in [1.165, 1.54) is 0 Å². The van der Waals surface area contributed by atoms with E-state index in [2.05, 4.69) is 10.3 Å². The predicted molar refractivity (Wildman–Crippen MR) is 105 cm³/mol. The normalized spacial score (nSPS) is 14.5. The van der Waals surface area contributed by atoms with Gasteiger partial charge in [-0.1, -0.05) is 48.5 Å². The lowest BCUT2D eigenvalue weighted by molar-refractivity contribution is 0.0526. The SMILES string of the molecule is CC(N)(Cc1c[nH]c2ccccc12)NC(=O)OC(CO)Cc1ccccc1. The van der Waals surface area contributed by atoms with Crippen LogP contribution < -0.4 is 11.1 Å². The third-order valence-corrected chi connectivity index (χ3v) is 4.40. The number of alkyl carbamates (subject to hydrolysis) is 1. The lowest BCUT2D eigenvalue weighted by Gasteiger charge is -2.27. The van der Waals surface area contributed by atoms with Crippen molar-refractivity contribution in [3.8, 4) is 0 Å². The van der Waals surface area contributed by atoms with Crippen LogP contribution in [0.25, 0.3) is 10.9 Å². The zero-order valence-electron chi connectivity index (χ0n) is 15.3. The van der Waals surface area contributed by atoms with Crippen LogP contribution in [0.2, 0.25) is 0 Å². The van der Waals surface area contributed by atoms with Crippen molar-refractivity contribution in [2.45, 2.75) is 31.5 Å². The molecule has 0 saturated heterocycles. The number of nitrogens with one attached hydrogen (secondary N) is 2. The largest absolute Gasteiger partial charge is 0.443 e. The summed E-state index contributed by atoms with van der Waals surface area (Å²) in [5, 5.41) is 13.3. The molecule has 2 unspecified atom stereocenters. The molecule has 1 heterocycles. The number of carbonyl (C=O) groups is 1. The summed E-state index contributed by atoms with van der Waals surface area (Å²) in [5.41, 5.74) is 8.31. The summed E-state index contributed by atoms with van der Waals surface area (Å²) >= 11 is 0. The van der Waals surface area contributed by atoms with E-state index in [-0.39, 0.29) is 6.61 Å². The number of fused-ring (bicyclic) bond motifs is 1. The van der Waals surface area contributed by atoms with Crippen molar-refractivity contribution < 1.29 is 14.6 Å². The summed E-state index contributed by atoms with van der Waals surface area (Å²) in [6.45, 7) is 1.48. The van der Waals surface area contributed by atoms with Gasteiger partial charge in [-0.25, -0.2) is 4.79 Å². The fourth-order valence-electron chi connectivity index (χ4n) is 3.15. The highest BCUT2D eigenvalue weighted by molar-refractivity contribution is 5.83. The molecule has 0 radical (unpaired) electrons. The number of para-hydroxylation sites is 1. The Morgan fingerprint density at radius 1 is 1.22 bits per heavy atom. The zero-order valence-corrected chi connectivity index (χ0v) is 15.3. The standard InChI is InChI=1S/C21H25N3O3/c1-21(22,12-16-13-23-19-10-6-5-9-18(16)19)24-20(26)27-17(14-25)11-15-7-3-2-4-8-15/h2-10,13,17,23,25H,11-12,14,22H2,1H3,(H,24,26). The van der Waals surface area contributed by atoms with E-state index >= 15 is 0 Å². The van der Waals surface area contributed by atoms with Crippen LogP contribution in [0.1, 0.15) is 18.1 Å². The quantitative estimate of drug-likeness (QED) is 0.482. The minimum absolute atomic E-state index is 0.258. The molecule has 6 nitrogen and oxygen atoms in total. The van der Waals surface area contributed by atoms with Gasteiger partial charge in [-0.3, -0.25) is 0 Å². The van der Waals surface area contributed by atoms with Crippen LogP contribution in [-0.4, -0.2) is 34.6 Å². The number of amides is 1. The molecule has 0 aliphatic rings. The zero-order chi connectivity index (χ0) is 19.3. The number of aliphatic hydroxyl groups excluding tert-OH is 1. The van der Waals surface area contributed by atoms with Crippen LogP contribution in [0.3, 0.4) is 0 Å². The molecule has 0 aliphatic heterocycles. The number of benzene rings is 2. The first-order valence-electron chi connectivity index (χ1n) is 8.94. The van der Waals surface area contributed by atoms with Gasteiger partial charge in [0.05, 0.1) is 12.3 Å². The number of ether oxygens (including phenoxy) is 1. The van der Waals surface area contributed by atoms with Crippen molar-refractivity contribution in [2.75, 3.05) is 6.61 Å². The predicted octanol–water partition coefficient (Wildman–Crippen LogP) is 2.72. The fraction of sp³-hybridized carbons (Fsp3) is 0.286. The maximum absolute atomic E-state index is 12.3. The van der Waals surface area contributed by atoms with E-state index in [1.54, 1.807) is 6.92 Å². The Balaban J connectivity index is 1.59. The summed E-state index contributed by atoms with van der Waals surface area (Å²) in [6.07, 6.45) is 1.50. The number of H-pyrrole nitrogens is 1. The Labute approximate surface area is 158 Å². The van der Waals surface area contributed by atoms with Crippen molar-refractivity contribution in [1.29, 1.82) is 0 Å². The lowest BCUT2D eigenvalue weighted by atomic mass is 10.0. The molecule has 0 fully saturated rings. The van der Waals surface area contributed by atoms with Gasteiger partial charge in [0, 0.05) is 29.9 Å². The van der Waals surface area contributed by atoms with Crippen LogP contribution in [0.5, 0.6) is 0 Å². The first-order chi connectivity index (χ1) is 13.0. The van der Waals surface area contributed by atoms with Gasteiger partial charge >= 0.3 is 6.09 Å². The molecule has 142 valence electrons. The highest BCUT2D eigenvalue weighted by atomic mass is 16.6. The molecule has 5 N–H and O–H groups in total. The van der Waals surface area contributed by atoms with Crippen LogP contribution in [-0.2, 0) is 17.6 Å². The third-order valence-electron chi connectivity index (χ3n) is 4.40. The number of hydrogen-bond donors (Lipinski definition) is 4. The molecule has 1 amide bonds. The van der Waals surface area contributed by atoms with Crippen LogP contribution >= 0.6 is 0 Å². The summed E-state index contributed by atoms with van der Waals surface area (Å²) in [6, 6.07) is 17.5. The van der Waals surface area contributed by atoms with Crippen molar-refractivity contribution in [1.82, 2.24) is 10.3 Å². The summed E-state index contributed by atoms with van der Waals surface area (Å²) in [7, 11) is 0. The Kier molecular flexibility index (Phi) is 5.78. The highest BCUT2D eigenvalue weighted by Gasteiger charge is 2.25. The lowest BCUT2D eigenvalue weighted by Crippen LogP contribution is -2.55. The molecule has 0 bridgehead atoms. The van der Waals surface area contributed by atoms with Gasteiger partial charge in [-0.15, -0.1) is 0 Å². The topological polar surface area (TPSA) is 100 Å². The highest BCUT2D eigenvalue weighted by Crippen LogP contribution is 2.20. The Hall–Kier alpha value is -2.83. The summed E-state index contributed by atoms with van der Waals surface area (Å²) in [5.74, 6) is 0. The minimum atomic E-state index is -0.991. The average molecular weight is 367 g/mol. The van der Waals surface area contributed by atoms with E-state index in [1.807, 2.05) is 60.8 Å². The van der Waals surface area contributed by atoms with E-state index in [4.69, 9.17) is 10.5 Å². The number of aromatic nitrogens is 1. The number of aliphatic hydroxyl groups is 1. The van der Waals surface area contributed by atoms with Gasteiger partial charge in [0.1, 0.15) is 6.10 Å². The Morgan fingerprint density at radius 2 is 1.93 bits per heavy atom. The van der Waals surface area contributed by atoms with Gasteiger partial charge in [0.2, 0.25) is 0 Å². The molecule has 0 saturated carbocycles. The second kappa shape index (κ2) is 8.24. The number of aromatic amines is 1. The van der Waals surface area contributed by atoms with Gasteiger partial charge < -0.3 is 25.9 Å². The number of nitrogens with two attached hydrogens (primary N) is 1. The average Bonchev–Trinajstić information content (AvgIpc) is 3.04. The molecule has 3 rings (SSSR count). The maximum Gasteiger partial charge on any atom is 0.408 e. The monoisotopic (exact) mass is 367 g/mol. The molecule has 6 heteroatoms. The number of rotatable bonds is 7. The second-order valence-corrected chi connectivity index (χ2v) is 6.98. The number of hydrogen-bond acceptors (Lipinski definition) is 4. The first-order valence-corrected chi connectivity index (χ1v) is 8.94. The smallest absolute Gasteiger partial charge is 0.408 e. The number of carbonyl (C=O) groups excluding carboxylic acids is 1. The Bertz CT molecular complexity index is 890. The fourth-order valence-corrected chi connectivity index (χ4v) is 3.15. The second-order valence-electron chi connectivity index (χ2n) is 6.98. The molecular weight excluding hydrogens is 342 g/mol. The van der Waals surface area contributed by atoms with Crippen molar-refractivity contribution in [3.05, 3.63) is 71.9 Å². The van der Waals surface area contributed by atoms with Gasteiger partial charge in [0.25, 0.3) is 0 Å². The molecule has 0 spiro atoms.